The van der Waals surface area contributed by atoms with Gasteiger partial charge in [-0.2, -0.15) is 0 Å². The molecular weight excluding hydrogens is 320 g/mol. The Morgan fingerprint density at radius 1 is 1.27 bits per heavy atom. The van der Waals surface area contributed by atoms with E-state index in [4.69, 9.17) is 0 Å². The third-order valence-electron chi connectivity index (χ3n) is 2.14. The second kappa shape index (κ2) is 6.08. The van der Waals surface area contributed by atoms with E-state index in [9.17, 15) is 0 Å². The molecule has 0 saturated carbocycles. The zero-order valence-corrected chi connectivity index (χ0v) is 11.4. The van der Waals surface area contributed by atoms with Crippen molar-refractivity contribution in [2.45, 2.75) is 6.42 Å². The average molecular weight is 332 g/mol. The normalized spacial score (nSPS) is 9.67. The summed E-state index contributed by atoms with van der Waals surface area (Å²) >= 11 is 3.46. The molecule has 0 fully saturated rings. The molecule has 2 rings (SSSR count). The molecule has 80 valence electrons. The van der Waals surface area contributed by atoms with Gasteiger partial charge in [-0.3, -0.25) is 0 Å². The van der Waals surface area contributed by atoms with Gasteiger partial charge in [0, 0.05) is 23.4 Å². The molecule has 0 atom stereocenters. The number of halogens is 2. The van der Waals surface area contributed by atoms with E-state index in [1.807, 2.05) is 23.2 Å². The summed E-state index contributed by atoms with van der Waals surface area (Å²) in [5.74, 6) is 0. The van der Waals surface area contributed by atoms with Gasteiger partial charge in [-0.25, -0.2) is 4.98 Å². The van der Waals surface area contributed by atoms with Gasteiger partial charge in [0.05, 0.1) is 6.33 Å². The number of aromatic nitrogens is 2. The summed E-state index contributed by atoms with van der Waals surface area (Å²) in [6, 6.07) is 8.38. The molecule has 15 heavy (non-hydrogen) atoms. The molecule has 2 nitrogen and oxygen atoms in total. The van der Waals surface area contributed by atoms with Crippen LogP contribution in [0.2, 0.25) is 0 Å². The van der Waals surface area contributed by atoms with Crippen molar-refractivity contribution >= 4 is 32.9 Å². The lowest BCUT2D eigenvalue weighted by atomic mass is 10.1. The number of aryl methyl sites for hydroxylation is 1. The number of hydrogen-bond acceptors (Lipinski definition) is 1. The van der Waals surface area contributed by atoms with Gasteiger partial charge >= 0.3 is 0 Å². The van der Waals surface area contributed by atoms with E-state index in [2.05, 4.69) is 39.1 Å². The number of benzene rings is 1. The van der Waals surface area contributed by atoms with Crippen molar-refractivity contribution in [3.63, 3.8) is 0 Å². The minimum atomic E-state index is 0. The molecule has 4 heteroatoms. The van der Waals surface area contributed by atoms with Crippen LogP contribution in [0.25, 0.3) is 5.69 Å². The van der Waals surface area contributed by atoms with Crippen molar-refractivity contribution < 1.29 is 0 Å². The highest BCUT2D eigenvalue weighted by Crippen LogP contribution is 2.15. The fourth-order valence-electron chi connectivity index (χ4n) is 1.48. The van der Waals surface area contributed by atoms with Crippen LogP contribution < -0.4 is 0 Å². The lowest BCUT2D eigenvalue weighted by molar-refractivity contribution is 1.01. The van der Waals surface area contributed by atoms with Gasteiger partial charge in [-0.15, -0.1) is 17.0 Å². The average Bonchev–Trinajstić information content (AvgIpc) is 2.72. The molecule has 0 radical (unpaired) electrons. The Labute approximate surface area is 108 Å². The maximum atomic E-state index is 4.05. The van der Waals surface area contributed by atoms with Crippen LogP contribution in [0.1, 0.15) is 5.56 Å². The van der Waals surface area contributed by atoms with Gasteiger partial charge in [-0.1, -0.05) is 34.1 Å². The Hall–Kier alpha value is -0.610. The molecule has 1 heterocycles. The largest absolute Gasteiger partial charge is 0.306 e. The van der Waals surface area contributed by atoms with Gasteiger partial charge < -0.3 is 4.57 Å². The summed E-state index contributed by atoms with van der Waals surface area (Å²) < 4.78 is 2.04. The van der Waals surface area contributed by atoms with E-state index >= 15 is 0 Å². The van der Waals surface area contributed by atoms with Crippen molar-refractivity contribution in [3.05, 3.63) is 48.5 Å². The molecule has 0 aliphatic carbocycles. The summed E-state index contributed by atoms with van der Waals surface area (Å²) in [5.41, 5.74) is 2.55. The van der Waals surface area contributed by atoms with Gasteiger partial charge in [0.15, 0.2) is 0 Å². The number of nitrogens with zero attached hydrogens (tertiary/aromatic N) is 2. The highest BCUT2D eigenvalue weighted by molar-refractivity contribution is 9.09. The van der Waals surface area contributed by atoms with E-state index in [1.165, 1.54) is 11.3 Å². The van der Waals surface area contributed by atoms with Crippen molar-refractivity contribution in [1.82, 2.24) is 9.55 Å². The fraction of sp³-hybridized carbons (Fsp3) is 0.182. The maximum absolute atomic E-state index is 4.05. The molecule has 2 aromatic rings. The van der Waals surface area contributed by atoms with Gasteiger partial charge in [0.2, 0.25) is 0 Å². The summed E-state index contributed by atoms with van der Waals surface area (Å²) in [5, 5.41) is 0.985. The Morgan fingerprint density at radius 3 is 2.73 bits per heavy atom. The van der Waals surface area contributed by atoms with E-state index in [0.717, 1.165) is 11.8 Å². The van der Waals surface area contributed by atoms with Crippen molar-refractivity contribution in [2.24, 2.45) is 0 Å². The molecule has 0 N–H and O–H groups in total. The van der Waals surface area contributed by atoms with Crippen LogP contribution in [0.4, 0.5) is 0 Å². The van der Waals surface area contributed by atoms with Gasteiger partial charge in [0.1, 0.15) is 0 Å². The van der Waals surface area contributed by atoms with Gasteiger partial charge in [0.25, 0.3) is 0 Å². The first-order valence-corrected chi connectivity index (χ1v) is 5.66. The minimum absolute atomic E-state index is 0. The number of alkyl halides is 1. The molecule has 0 saturated heterocycles. The lowest BCUT2D eigenvalue weighted by Gasteiger charge is -2.08. The second-order valence-corrected chi connectivity index (χ2v) is 3.83. The first kappa shape index (κ1) is 12.5. The Kier molecular flexibility index (Phi) is 5.05. The monoisotopic (exact) mass is 330 g/mol. The highest BCUT2D eigenvalue weighted by atomic mass is 79.9. The van der Waals surface area contributed by atoms with Crippen LogP contribution in [-0.2, 0) is 6.42 Å². The van der Waals surface area contributed by atoms with Crippen molar-refractivity contribution in [2.75, 3.05) is 5.33 Å². The first-order valence-electron chi connectivity index (χ1n) is 4.54. The molecule has 0 unspecified atom stereocenters. The number of rotatable bonds is 3. The standard InChI is InChI=1S/C11H11BrN2.BrH/c12-6-5-10-3-1-2-4-11(10)14-8-7-13-9-14;/h1-4,7-9H,5-6H2;1H. The Morgan fingerprint density at radius 2 is 2.07 bits per heavy atom. The summed E-state index contributed by atoms with van der Waals surface area (Å²) in [6.45, 7) is 0. The number of para-hydroxylation sites is 1. The predicted molar refractivity (Wildman–Crippen MR) is 71.4 cm³/mol. The highest BCUT2D eigenvalue weighted by Gasteiger charge is 2.01. The fourth-order valence-corrected chi connectivity index (χ4v) is 1.90. The smallest absolute Gasteiger partial charge is 0.0991 e. The topological polar surface area (TPSA) is 17.8 Å². The van der Waals surface area contributed by atoms with Crippen molar-refractivity contribution in [1.29, 1.82) is 0 Å². The van der Waals surface area contributed by atoms with E-state index in [-0.39, 0.29) is 17.0 Å². The summed E-state index contributed by atoms with van der Waals surface area (Å²) in [7, 11) is 0. The van der Waals surface area contributed by atoms with Crippen LogP contribution >= 0.6 is 32.9 Å². The van der Waals surface area contributed by atoms with E-state index in [1.54, 1.807) is 6.20 Å². The molecular formula is C11H12Br2N2. The zero-order valence-electron chi connectivity index (χ0n) is 8.14. The third-order valence-corrected chi connectivity index (χ3v) is 2.53. The second-order valence-electron chi connectivity index (χ2n) is 3.04. The first-order chi connectivity index (χ1) is 6.92. The quantitative estimate of drug-likeness (QED) is 0.788. The Balaban J connectivity index is 0.00000112. The van der Waals surface area contributed by atoms with E-state index in [0.29, 0.717) is 0 Å². The van der Waals surface area contributed by atoms with Gasteiger partial charge in [-0.05, 0) is 18.1 Å². The van der Waals surface area contributed by atoms with Crippen LogP contribution in [0, 0.1) is 0 Å². The Bertz CT molecular complexity index is 399. The summed E-state index contributed by atoms with van der Waals surface area (Å²) in [4.78, 5) is 4.05. The SMILES string of the molecule is Br.BrCCc1ccccc1-n1ccnc1. The van der Waals surface area contributed by atoms with E-state index < -0.39 is 0 Å². The van der Waals surface area contributed by atoms with Crippen LogP contribution in [0.3, 0.4) is 0 Å². The number of imidazole rings is 1. The van der Waals surface area contributed by atoms with Crippen LogP contribution in [0.5, 0.6) is 0 Å². The third kappa shape index (κ3) is 2.92. The molecule has 1 aromatic carbocycles. The lowest BCUT2D eigenvalue weighted by Crippen LogP contribution is -1.97. The predicted octanol–water partition coefficient (Wildman–Crippen LogP) is 3.39. The molecule has 0 amide bonds. The van der Waals surface area contributed by atoms with Crippen LogP contribution in [0.15, 0.2) is 43.0 Å². The van der Waals surface area contributed by atoms with Crippen molar-refractivity contribution in [3.8, 4) is 5.69 Å². The molecule has 0 bridgehead atoms. The minimum Gasteiger partial charge on any atom is -0.306 e. The van der Waals surface area contributed by atoms with Crippen LogP contribution in [-0.4, -0.2) is 14.9 Å². The summed E-state index contributed by atoms with van der Waals surface area (Å²) in [6.07, 6.45) is 6.62. The number of hydrogen-bond donors (Lipinski definition) is 0. The maximum Gasteiger partial charge on any atom is 0.0991 e. The molecule has 0 spiro atoms. The molecule has 0 aliphatic rings. The zero-order chi connectivity index (χ0) is 9.80. The molecule has 1 aromatic heterocycles. The molecule has 0 aliphatic heterocycles.